The summed E-state index contributed by atoms with van der Waals surface area (Å²) in [6, 6.07) is 7.69. The van der Waals surface area contributed by atoms with Crippen LogP contribution in [-0.4, -0.2) is 31.5 Å². The number of nitrogens with one attached hydrogen (secondary N) is 1. The summed E-state index contributed by atoms with van der Waals surface area (Å²) in [6.07, 6.45) is 8.64. The van der Waals surface area contributed by atoms with E-state index in [0.29, 0.717) is 13.0 Å². The molecular formula is C20H28N2O3. The Kier molecular flexibility index (Phi) is 5.95. The second-order valence-electron chi connectivity index (χ2n) is 7.15. The first-order chi connectivity index (χ1) is 12.2. The number of carbonyl (C=O) groups is 2. The first-order valence-electron chi connectivity index (χ1n) is 9.42. The summed E-state index contributed by atoms with van der Waals surface area (Å²) in [5.41, 5.74) is 0.826. The predicted octanol–water partition coefficient (Wildman–Crippen LogP) is 3.28. The predicted molar refractivity (Wildman–Crippen MR) is 97.7 cm³/mol. The standard InChI is InChI=1S/C20H28N2O3/c1-25-18-11-9-17(10-12-18)22-14-15(13-19(22)23)20(24)21-16-7-5-3-2-4-6-8-16/h9-12,15-16H,2-8,13-14H2,1H3,(H,21,24). The second kappa shape index (κ2) is 8.37. The summed E-state index contributed by atoms with van der Waals surface area (Å²) in [5.74, 6) is 0.562. The maximum absolute atomic E-state index is 12.6. The molecule has 5 heteroatoms. The molecule has 1 aliphatic carbocycles. The van der Waals surface area contributed by atoms with Crippen molar-refractivity contribution >= 4 is 17.5 Å². The van der Waals surface area contributed by atoms with Gasteiger partial charge in [0.05, 0.1) is 13.0 Å². The van der Waals surface area contributed by atoms with Gasteiger partial charge >= 0.3 is 0 Å². The lowest BCUT2D eigenvalue weighted by molar-refractivity contribution is -0.127. The van der Waals surface area contributed by atoms with Crippen molar-refractivity contribution in [3.63, 3.8) is 0 Å². The Bertz CT molecular complexity index is 591. The Morgan fingerprint density at radius 1 is 1.08 bits per heavy atom. The molecule has 1 N–H and O–H groups in total. The summed E-state index contributed by atoms with van der Waals surface area (Å²) < 4.78 is 5.15. The number of rotatable bonds is 4. The maximum Gasteiger partial charge on any atom is 0.227 e. The van der Waals surface area contributed by atoms with Crippen LogP contribution in [0.4, 0.5) is 5.69 Å². The Morgan fingerprint density at radius 2 is 1.72 bits per heavy atom. The van der Waals surface area contributed by atoms with Gasteiger partial charge in [0.25, 0.3) is 0 Å². The number of anilines is 1. The molecule has 0 radical (unpaired) electrons. The fourth-order valence-corrected chi connectivity index (χ4v) is 3.81. The average Bonchev–Trinajstić information content (AvgIpc) is 2.99. The maximum atomic E-state index is 12.6. The van der Waals surface area contributed by atoms with Gasteiger partial charge in [0.1, 0.15) is 5.75 Å². The van der Waals surface area contributed by atoms with Crippen LogP contribution in [0.3, 0.4) is 0 Å². The van der Waals surface area contributed by atoms with Crippen molar-refractivity contribution in [1.82, 2.24) is 5.32 Å². The van der Waals surface area contributed by atoms with Crippen LogP contribution < -0.4 is 15.0 Å². The van der Waals surface area contributed by atoms with Gasteiger partial charge in [0.15, 0.2) is 0 Å². The number of hydrogen-bond donors (Lipinski definition) is 1. The zero-order valence-electron chi connectivity index (χ0n) is 15.0. The van der Waals surface area contributed by atoms with Gasteiger partial charge in [0, 0.05) is 24.7 Å². The molecule has 136 valence electrons. The van der Waals surface area contributed by atoms with Gasteiger partial charge in [-0.2, -0.15) is 0 Å². The van der Waals surface area contributed by atoms with E-state index in [0.717, 1.165) is 24.3 Å². The number of methoxy groups -OCH3 is 1. The number of nitrogens with zero attached hydrogens (tertiary/aromatic N) is 1. The molecule has 3 rings (SSSR count). The largest absolute Gasteiger partial charge is 0.497 e. The van der Waals surface area contributed by atoms with Crippen LogP contribution in [0.25, 0.3) is 0 Å². The highest BCUT2D eigenvalue weighted by atomic mass is 16.5. The van der Waals surface area contributed by atoms with Gasteiger partial charge in [-0.05, 0) is 37.1 Å². The molecule has 5 nitrogen and oxygen atoms in total. The molecule has 1 atom stereocenters. The van der Waals surface area contributed by atoms with Crippen LogP contribution in [0.2, 0.25) is 0 Å². The Labute approximate surface area is 149 Å². The van der Waals surface area contributed by atoms with E-state index >= 15 is 0 Å². The van der Waals surface area contributed by atoms with Gasteiger partial charge in [0.2, 0.25) is 11.8 Å². The Balaban J connectivity index is 1.57. The van der Waals surface area contributed by atoms with Crippen molar-refractivity contribution in [3.8, 4) is 5.75 Å². The van der Waals surface area contributed by atoms with Crippen molar-refractivity contribution in [3.05, 3.63) is 24.3 Å². The summed E-state index contributed by atoms with van der Waals surface area (Å²) in [6.45, 7) is 0.462. The van der Waals surface area contributed by atoms with Crippen LogP contribution in [0.1, 0.15) is 51.4 Å². The molecule has 1 aliphatic heterocycles. The van der Waals surface area contributed by atoms with Gasteiger partial charge < -0.3 is 15.0 Å². The molecule has 2 aliphatic rings. The fraction of sp³-hybridized carbons (Fsp3) is 0.600. The van der Waals surface area contributed by atoms with Gasteiger partial charge in [-0.25, -0.2) is 0 Å². The minimum Gasteiger partial charge on any atom is -0.497 e. The smallest absolute Gasteiger partial charge is 0.227 e. The lowest BCUT2D eigenvalue weighted by Gasteiger charge is -2.23. The van der Waals surface area contributed by atoms with Gasteiger partial charge in [-0.3, -0.25) is 9.59 Å². The van der Waals surface area contributed by atoms with Crippen LogP contribution in [0.5, 0.6) is 5.75 Å². The van der Waals surface area contributed by atoms with Crippen molar-refractivity contribution in [1.29, 1.82) is 0 Å². The lowest BCUT2D eigenvalue weighted by Crippen LogP contribution is -2.40. The molecule has 0 aromatic heterocycles. The zero-order chi connectivity index (χ0) is 17.6. The number of benzene rings is 1. The average molecular weight is 344 g/mol. The molecular weight excluding hydrogens is 316 g/mol. The molecule has 25 heavy (non-hydrogen) atoms. The molecule has 2 fully saturated rings. The van der Waals surface area contributed by atoms with Crippen LogP contribution in [-0.2, 0) is 9.59 Å². The summed E-state index contributed by atoms with van der Waals surface area (Å²) in [5, 5.41) is 3.20. The third-order valence-corrected chi connectivity index (χ3v) is 5.33. The third-order valence-electron chi connectivity index (χ3n) is 5.33. The zero-order valence-corrected chi connectivity index (χ0v) is 15.0. The summed E-state index contributed by atoms with van der Waals surface area (Å²) >= 11 is 0. The minimum absolute atomic E-state index is 0.0167. The van der Waals surface area contributed by atoms with Crippen LogP contribution in [0.15, 0.2) is 24.3 Å². The van der Waals surface area contributed by atoms with Crippen molar-refractivity contribution < 1.29 is 14.3 Å². The first kappa shape index (κ1) is 17.8. The number of hydrogen-bond acceptors (Lipinski definition) is 3. The molecule has 2 amide bonds. The van der Waals surface area contributed by atoms with Crippen molar-refractivity contribution in [2.75, 3.05) is 18.6 Å². The van der Waals surface area contributed by atoms with E-state index in [1.54, 1.807) is 12.0 Å². The number of carbonyl (C=O) groups excluding carboxylic acids is 2. The number of amides is 2. The molecule has 1 heterocycles. The highest BCUT2D eigenvalue weighted by Gasteiger charge is 2.35. The summed E-state index contributed by atoms with van der Waals surface area (Å²) in [4.78, 5) is 26.7. The monoisotopic (exact) mass is 344 g/mol. The fourth-order valence-electron chi connectivity index (χ4n) is 3.81. The van der Waals surface area contributed by atoms with E-state index in [1.165, 1.54) is 32.1 Å². The molecule has 1 saturated heterocycles. The van der Waals surface area contributed by atoms with E-state index in [1.807, 2.05) is 24.3 Å². The third kappa shape index (κ3) is 4.53. The van der Waals surface area contributed by atoms with E-state index in [2.05, 4.69) is 5.32 Å². The normalized spacial score (nSPS) is 22.4. The quantitative estimate of drug-likeness (QED) is 0.912. The number of ether oxygens (including phenoxy) is 1. The highest BCUT2D eigenvalue weighted by molar-refractivity contribution is 6.00. The molecule has 1 unspecified atom stereocenters. The van der Waals surface area contributed by atoms with Crippen LogP contribution in [0, 0.1) is 5.92 Å². The van der Waals surface area contributed by atoms with E-state index in [-0.39, 0.29) is 23.8 Å². The Hall–Kier alpha value is -2.04. The van der Waals surface area contributed by atoms with Crippen molar-refractivity contribution in [2.45, 2.75) is 57.4 Å². The lowest BCUT2D eigenvalue weighted by atomic mass is 9.96. The topological polar surface area (TPSA) is 58.6 Å². The molecule has 1 aromatic carbocycles. The van der Waals surface area contributed by atoms with Gasteiger partial charge in [-0.1, -0.05) is 32.1 Å². The van der Waals surface area contributed by atoms with Crippen LogP contribution >= 0.6 is 0 Å². The Morgan fingerprint density at radius 3 is 2.36 bits per heavy atom. The highest BCUT2D eigenvalue weighted by Crippen LogP contribution is 2.27. The minimum atomic E-state index is -0.250. The van der Waals surface area contributed by atoms with E-state index in [9.17, 15) is 9.59 Å². The van der Waals surface area contributed by atoms with E-state index in [4.69, 9.17) is 4.74 Å². The SMILES string of the molecule is COc1ccc(N2CC(C(=O)NC3CCCCCCC3)CC2=O)cc1. The molecule has 0 spiro atoms. The molecule has 1 aromatic rings. The second-order valence-corrected chi connectivity index (χ2v) is 7.15. The van der Waals surface area contributed by atoms with Gasteiger partial charge in [-0.15, -0.1) is 0 Å². The summed E-state index contributed by atoms with van der Waals surface area (Å²) in [7, 11) is 1.62. The molecule has 1 saturated carbocycles. The first-order valence-corrected chi connectivity index (χ1v) is 9.42. The molecule has 0 bridgehead atoms. The van der Waals surface area contributed by atoms with Crippen molar-refractivity contribution in [2.24, 2.45) is 5.92 Å². The van der Waals surface area contributed by atoms with E-state index < -0.39 is 0 Å².